The number of anilines is 1. The zero-order valence-corrected chi connectivity index (χ0v) is 14.1. The number of hydrogen-bond donors (Lipinski definition) is 2. The lowest BCUT2D eigenvalue weighted by Crippen LogP contribution is -2.21. The number of rotatable bonds is 4. The Morgan fingerprint density at radius 3 is 2.60 bits per heavy atom. The van der Waals surface area contributed by atoms with Crippen molar-refractivity contribution < 1.29 is 28.0 Å². The van der Waals surface area contributed by atoms with Gasteiger partial charge in [-0.25, -0.2) is 0 Å². The molecule has 2 N–H and O–H groups in total. The van der Waals surface area contributed by atoms with E-state index in [4.69, 9.17) is 0 Å². The van der Waals surface area contributed by atoms with Gasteiger partial charge in [-0.2, -0.15) is 18.3 Å². The molecule has 12 heteroatoms. The molecule has 1 amide bonds. The quantitative estimate of drug-likeness (QED) is 0.446. The first kappa shape index (κ1) is 18.7. The van der Waals surface area contributed by atoms with E-state index in [1.807, 2.05) is 0 Å². The number of hydrogen-bond acceptors (Lipinski definition) is 5. The van der Waals surface area contributed by atoms with Crippen LogP contribution in [0.15, 0.2) is 22.7 Å². The number of nitro benzene ring substituents is 1. The minimum absolute atomic E-state index is 0.0930. The smallest absolute Gasteiger partial charge is 0.436 e. The Kier molecular flexibility index (Phi) is 5.02. The van der Waals surface area contributed by atoms with Crippen molar-refractivity contribution in [3.05, 3.63) is 44.2 Å². The molecule has 134 valence electrons. The van der Waals surface area contributed by atoms with Gasteiger partial charge < -0.3 is 10.4 Å². The van der Waals surface area contributed by atoms with Gasteiger partial charge in [0.05, 0.1) is 26.8 Å². The third kappa shape index (κ3) is 4.07. The molecule has 0 spiro atoms. The first-order chi connectivity index (χ1) is 11.5. The molecule has 0 atom stereocenters. The van der Waals surface area contributed by atoms with Crippen molar-refractivity contribution in [2.45, 2.75) is 19.6 Å². The van der Waals surface area contributed by atoms with Crippen LogP contribution in [0.2, 0.25) is 0 Å². The summed E-state index contributed by atoms with van der Waals surface area (Å²) in [5, 5.41) is 25.9. The van der Waals surface area contributed by atoms with Crippen LogP contribution in [0.5, 0.6) is 5.75 Å². The minimum atomic E-state index is -4.68. The number of nitrogens with zero attached hydrogens (tertiary/aromatic N) is 3. The summed E-state index contributed by atoms with van der Waals surface area (Å²) in [5.41, 5.74) is -1.56. The van der Waals surface area contributed by atoms with Crippen molar-refractivity contribution in [3.8, 4) is 5.75 Å². The monoisotopic (exact) mass is 422 g/mol. The standard InChI is InChI=1S/C13H10BrF3N4O4/c1-6-11(14)12(13(15,16)17)19-20(6)5-10(23)18-8-3-2-7(21(24)25)4-9(8)22/h2-4,22H,5H2,1H3,(H,18,23). The molecule has 0 saturated heterocycles. The molecule has 2 rings (SSSR count). The number of nitrogens with one attached hydrogen (secondary N) is 1. The number of amides is 1. The molecule has 0 fully saturated rings. The zero-order valence-electron chi connectivity index (χ0n) is 12.5. The van der Waals surface area contributed by atoms with Crippen LogP contribution in [0.25, 0.3) is 0 Å². The summed E-state index contributed by atoms with van der Waals surface area (Å²) in [4.78, 5) is 21.8. The minimum Gasteiger partial charge on any atom is -0.506 e. The van der Waals surface area contributed by atoms with Crippen molar-refractivity contribution in [1.29, 1.82) is 0 Å². The van der Waals surface area contributed by atoms with E-state index in [0.717, 1.165) is 22.9 Å². The average molecular weight is 423 g/mol. The SMILES string of the molecule is Cc1c(Br)c(C(F)(F)F)nn1CC(=O)Nc1ccc([N+](=O)[O-])cc1O. The molecule has 0 aliphatic rings. The number of benzene rings is 1. The molecule has 0 saturated carbocycles. The van der Waals surface area contributed by atoms with E-state index < -0.39 is 35.0 Å². The van der Waals surface area contributed by atoms with E-state index in [-0.39, 0.29) is 21.5 Å². The van der Waals surface area contributed by atoms with Crippen molar-refractivity contribution in [1.82, 2.24) is 9.78 Å². The van der Waals surface area contributed by atoms with Crippen LogP contribution in [0.1, 0.15) is 11.4 Å². The van der Waals surface area contributed by atoms with Gasteiger partial charge in [0.2, 0.25) is 5.91 Å². The molecule has 0 radical (unpaired) electrons. The summed E-state index contributed by atoms with van der Waals surface area (Å²) in [6.07, 6.45) is -4.68. The Hall–Kier alpha value is -2.63. The summed E-state index contributed by atoms with van der Waals surface area (Å²) in [5.74, 6) is -1.31. The van der Waals surface area contributed by atoms with Gasteiger partial charge >= 0.3 is 6.18 Å². The zero-order chi connectivity index (χ0) is 18.9. The van der Waals surface area contributed by atoms with E-state index >= 15 is 0 Å². The van der Waals surface area contributed by atoms with Crippen LogP contribution >= 0.6 is 15.9 Å². The number of carbonyl (C=O) groups is 1. The highest BCUT2D eigenvalue weighted by atomic mass is 79.9. The van der Waals surface area contributed by atoms with Crippen LogP contribution in [-0.2, 0) is 17.5 Å². The number of carbonyl (C=O) groups excluding carboxylic acids is 1. The fourth-order valence-corrected chi connectivity index (χ4v) is 2.43. The Morgan fingerprint density at radius 1 is 1.48 bits per heavy atom. The largest absolute Gasteiger partial charge is 0.506 e. The number of non-ortho nitro benzene ring substituents is 1. The fraction of sp³-hybridized carbons (Fsp3) is 0.231. The molecule has 25 heavy (non-hydrogen) atoms. The third-order valence-corrected chi connectivity index (χ3v) is 4.11. The van der Waals surface area contributed by atoms with Crippen LogP contribution in [-0.4, -0.2) is 25.7 Å². The van der Waals surface area contributed by atoms with E-state index in [0.29, 0.717) is 0 Å². The first-order valence-corrected chi connectivity index (χ1v) is 7.37. The summed E-state index contributed by atoms with van der Waals surface area (Å²) < 4.78 is 38.9. The van der Waals surface area contributed by atoms with Gasteiger partial charge in [-0.1, -0.05) is 0 Å². The molecule has 0 unspecified atom stereocenters. The number of aromatic nitrogens is 2. The maximum Gasteiger partial charge on any atom is 0.436 e. The highest BCUT2D eigenvalue weighted by Gasteiger charge is 2.38. The van der Waals surface area contributed by atoms with Crippen molar-refractivity contribution in [2.24, 2.45) is 0 Å². The molecular weight excluding hydrogens is 413 g/mol. The predicted molar refractivity (Wildman–Crippen MR) is 83.1 cm³/mol. The van der Waals surface area contributed by atoms with Crippen molar-refractivity contribution in [2.75, 3.05) is 5.32 Å². The Bertz CT molecular complexity index is 851. The normalized spacial score (nSPS) is 11.4. The van der Waals surface area contributed by atoms with Gasteiger partial charge in [-0.3, -0.25) is 19.6 Å². The number of phenols is 1. The first-order valence-electron chi connectivity index (χ1n) is 6.58. The van der Waals surface area contributed by atoms with Gasteiger partial charge in [-0.05, 0) is 28.9 Å². The summed E-state index contributed by atoms with van der Waals surface area (Å²) in [6, 6.07) is 3.01. The van der Waals surface area contributed by atoms with E-state index in [1.54, 1.807) is 0 Å². The molecule has 0 aliphatic heterocycles. The van der Waals surface area contributed by atoms with E-state index in [2.05, 4.69) is 26.3 Å². The highest BCUT2D eigenvalue weighted by Crippen LogP contribution is 2.35. The highest BCUT2D eigenvalue weighted by molar-refractivity contribution is 9.10. The molecule has 8 nitrogen and oxygen atoms in total. The number of alkyl halides is 3. The molecule has 1 aromatic heterocycles. The molecular formula is C13H10BrF3N4O4. The maximum atomic E-state index is 12.8. The Morgan fingerprint density at radius 2 is 2.12 bits per heavy atom. The maximum absolute atomic E-state index is 12.8. The molecule has 1 heterocycles. The van der Waals surface area contributed by atoms with Crippen molar-refractivity contribution in [3.63, 3.8) is 0 Å². The molecule has 0 aliphatic carbocycles. The molecule has 1 aromatic carbocycles. The van der Waals surface area contributed by atoms with Gasteiger partial charge in [0, 0.05) is 6.07 Å². The number of aromatic hydroxyl groups is 1. The second-order valence-electron chi connectivity index (χ2n) is 4.91. The third-order valence-electron chi connectivity index (χ3n) is 3.16. The van der Waals surface area contributed by atoms with Gasteiger partial charge in [0.25, 0.3) is 5.69 Å². The van der Waals surface area contributed by atoms with Gasteiger partial charge in [-0.15, -0.1) is 0 Å². The lowest BCUT2D eigenvalue weighted by atomic mass is 10.2. The van der Waals surface area contributed by atoms with Crippen LogP contribution in [0, 0.1) is 17.0 Å². The topological polar surface area (TPSA) is 110 Å². The summed E-state index contributed by atoms with van der Waals surface area (Å²) in [7, 11) is 0. The van der Waals surface area contributed by atoms with Crippen LogP contribution in [0.3, 0.4) is 0 Å². The lowest BCUT2D eigenvalue weighted by Gasteiger charge is -2.08. The van der Waals surface area contributed by atoms with Gasteiger partial charge in [0.15, 0.2) is 5.69 Å². The van der Waals surface area contributed by atoms with Crippen molar-refractivity contribution >= 4 is 33.2 Å². The molecule has 2 aromatic rings. The predicted octanol–water partition coefficient (Wildman–Crippen LogP) is 3.23. The van der Waals surface area contributed by atoms with Crippen LogP contribution < -0.4 is 5.32 Å². The second kappa shape index (κ2) is 6.70. The van der Waals surface area contributed by atoms with E-state index in [9.17, 15) is 33.2 Å². The Balaban J connectivity index is 2.17. The van der Waals surface area contributed by atoms with Crippen LogP contribution in [0.4, 0.5) is 24.5 Å². The lowest BCUT2D eigenvalue weighted by molar-refractivity contribution is -0.384. The summed E-state index contributed by atoms with van der Waals surface area (Å²) in [6.45, 7) is 0.805. The number of nitro groups is 1. The number of halogens is 4. The second-order valence-corrected chi connectivity index (χ2v) is 5.70. The molecule has 0 bridgehead atoms. The van der Waals surface area contributed by atoms with Gasteiger partial charge in [0.1, 0.15) is 12.3 Å². The van der Waals surface area contributed by atoms with E-state index in [1.165, 1.54) is 6.92 Å². The Labute approximate surface area is 146 Å². The summed E-state index contributed by atoms with van der Waals surface area (Å²) >= 11 is 2.79. The fourth-order valence-electron chi connectivity index (χ4n) is 1.92. The average Bonchev–Trinajstić information content (AvgIpc) is 2.77. The number of phenolic OH excluding ortho intramolecular Hbond substituents is 1.